The number of carbonyl (C=O) groups excluding carboxylic acids is 1. The first-order valence-electron chi connectivity index (χ1n) is 6.35. The first-order valence-corrected chi connectivity index (χ1v) is 6.35. The smallest absolute Gasteiger partial charge is 0.319 e. The number of carbonyl (C=O) groups is 1. The Morgan fingerprint density at radius 3 is 2.68 bits per heavy atom. The quantitative estimate of drug-likeness (QED) is 0.695. The van der Waals surface area contributed by atoms with Gasteiger partial charge < -0.3 is 15.7 Å². The molecule has 0 heterocycles. The fourth-order valence-corrected chi connectivity index (χ4v) is 1.58. The van der Waals surface area contributed by atoms with Gasteiger partial charge in [-0.15, -0.1) is 0 Å². The predicted octanol–water partition coefficient (Wildman–Crippen LogP) is 2.75. The van der Waals surface area contributed by atoms with E-state index in [1.165, 1.54) is 12.1 Å². The van der Waals surface area contributed by atoms with Gasteiger partial charge >= 0.3 is 6.03 Å². The summed E-state index contributed by atoms with van der Waals surface area (Å²) in [5, 5.41) is 14.2. The van der Waals surface area contributed by atoms with E-state index in [-0.39, 0.29) is 17.7 Å². The zero-order valence-corrected chi connectivity index (χ0v) is 11.4. The molecule has 4 nitrogen and oxygen atoms in total. The maximum Gasteiger partial charge on any atom is 0.319 e. The molecule has 0 radical (unpaired) electrons. The molecule has 1 aromatic rings. The summed E-state index contributed by atoms with van der Waals surface area (Å²) in [5.74, 6) is -0.459. The second-order valence-corrected chi connectivity index (χ2v) is 5.29. The number of amides is 2. The van der Waals surface area contributed by atoms with Gasteiger partial charge in [0.2, 0.25) is 0 Å². The van der Waals surface area contributed by atoms with Gasteiger partial charge in [-0.25, -0.2) is 9.18 Å². The number of para-hydroxylation sites is 1. The van der Waals surface area contributed by atoms with Crippen LogP contribution in [0.4, 0.5) is 14.9 Å². The van der Waals surface area contributed by atoms with Crippen molar-refractivity contribution in [1.82, 2.24) is 5.32 Å². The summed E-state index contributed by atoms with van der Waals surface area (Å²) in [4.78, 5) is 11.5. The van der Waals surface area contributed by atoms with Crippen molar-refractivity contribution in [3.8, 4) is 0 Å². The molecule has 0 spiro atoms. The topological polar surface area (TPSA) is 61.4 Å². The summed E-state index contributed by atoms with van der Waals surface area (Å²) >= 11 is 0. The second kappa shape index (κ2) is 7.09. The van der Waals surface area contributed by atoms with Gasteiger partial charge in [-0.05, 0) is 30.4 Å². The van der Waals surface area contributed by atoms with E-state index >= 15 is 0 Å². The van der Waals surface area contributed by atoms with E-state index in [1.807, 2.05) is 13.8 Å². The van der Waals surface area contributed by atoms with Crippen molar-refractivity contribution in [2.45, 2.75) is 26.7 Å². The van der Waals surface area contributed by atoms with Crippen molar-refractivity contribution in [1.29, 1.82) is 0 Å². The molecular formula is C14H21FN2O2. The molecular weight excluding hydrogens is 247 g/mol. The number of rotatable bonds is 6. The van der Waals surface area contributed by atoms with Crippen LogP contribution in [0.3, 0.4) is 0 Å². The lowest BCUT2D eigenvalue weighted by Crippen LogP contribution is -2.30. The molecule has 5 heteroatoms. The first-order chi connectivity index (χ1) is 8.94. The van der Waals surface area contributed by atoms with Crippen LogP contribution in [-0.4, -0.2) is 24.3 Å². The van der Waals surface area contributed by atoms with Crippen LogP contribution in [0.1, 0.15) is 26.7 Å². The molecule has 0 unspecified atom stereocenters. The highest BCUT2D eigenvalue weighted by molar-refractivity contribution is 5.89. The van der Waals surface area contributed by atoms with Crippen LogP contribution < -0.4 is 10.6 Å². The molecule has 19 heavy (non-hydrogen) atoms. The molecule has 106 valence electrons. The Kier molecular flexibility index (Phi) is 5.76. The van der Waals surface area contributed by atoms with Crippen molar-refractivity contribution >= 4 is 11.7 Å². The minimum atomic E-state index is -0.459. The molecule has 1 aromatic carbocycles. The standard InChI is InChI=1S/C14H21FN2O2/c1-14(2,10-18)8-5-9-16-13(19)17-12-7-4-3-6-11(12)15/h3-4,6-7,18H,5,8-10H2,1-2H3,(H2,16,17,19). The van der Waals surface area contributed by atoms with Crippen LogP contribution in [0, 0.1) is 11.2 Å². The van der Waals surface area contributed by atoms with Crippen molar-refractivity contribution in [2.75, 3.05) is 18.5 Å². The number of urea groups is 1. The Bertz CT molecular complexity index is 422. The van der Waals surface area contributed by atoms with Gasteiger partial charge in [0.1, 0.15) is 5.82 Å². The van der Waals surface area contributed by atoms with Gasteiger partial charge in [0.15, 0.2) is 0 Å². The summed E-state index contributed by atoms with van der Waals surface area (Å²) in [5.41, 5.74) is 0.0275. The Hall–Kier alpha value is -1.62. The first kappa shape index (κ1) is 15.4. The van der Waals surface area contributed by atoms with E-state index in [9.17, 15) is 9.18 Å². The SMILES string of the molecule is CC(C)(CO)CCCNC(=O)Nc1ccccc1F. The van der Waals surface area contributed by atoms with Crippen LogP contribution in [0.25, 0.3) is 0 Å². The predicted molar refractivity (Wildman–Crippen MR) is 73.5 cm³/mol. The van der Waals surface area contributed by atoms with Gasteiger partial charge in [0, 0.05) is 13.2 Å². The van der Waals surface area contributed by atoms with Crippen molar-refractivity contribution in [2.24, 2.45) is 5.41 Å². The molecule has 0 bridgehead atoms. The summed E-state index contributed by atoms with van der Waals surface area (Å²) < 4.78 is 13.3. The summed E-state index contributed by atoms with van der Waals surface area (Å²) in [6.45, 7) is 4.54. The van der Waals surface area contributed by atoms with Crippen LogP contribution in [0.5, 0.6) is 0 Å². The largest absolute Gasteiger partial charge is 0.396 e. The maximum absolute atomic E-state index is 13.3. The summed E-state index contributed by atoms with van der Waals surface area (Å²) in [7, 11) is 0. The molecule has 0 aromatic heterocycles. The molecule has 0 atom stereocenters. The zero-order chi connectivity index (χ0) is 14.3. The lowest BCUT2D eigenvalue weighted by Gasteiger charge is -2.21. The fourth-order valence-electron chi connectivity index (χ4n) is 1.58. The van der Waals surface area contributed by atoms with Crippen LogP contribution >= 0.6 is 0 Å². The van der Waals surface area contributed by atoms with Crippen molar-refractivity contribution < 1.29 is 14.3 Å². The zero-order valence-electron chi connectivity index (χ0n) is 11.4. The minimum absolute atomic E-state index is 0.119. The number of nitrogens with one attached hydrogen (secondary N) is 2. The van der Waals surface area contributed by atoms with Gasteiger partial charge in [0.05, 0.1) is 5.69 Å². The minimum Gasteiger partial charge on any atom is -0.396 e. The van der Waals surface area contributed by atoms with Crippen LogP contribution in [0.2, 0.25) is 0 Å². The number of hydrogen-bond donors (Lipinski definition) is 3. The van der Waals surface area contributed by atoms with Gasteiger partial charge in [0.25, 0.3) is 0 Å². The summed E-state index contributed by atoms with van der Waals surface area (Å²) in [6, 6.07) is 5.59. The highest BCUT2D eigenvalue weighted by Crippen LogP contribution is 2.20. The molecule has 0 fully saturated rings. The molecule has 0 aliphatic heterocycles. The molecule has 0 saturated carbocycles. The molecule has 1 rings (SSSR count). The number of anilines is 1. The Balaban J connectivity index is 2.28. The lowest BCUT2D eigenvalue weighted by molar-refractivity contribution is 0.148. The molecule has 0 aliphatic carbocycles. The summed E-state index contributed by atoms with van der Waals surface area (Å²) in [6.07, 6.45) is 1.57. The molecule has 0 aliphatic rings. The van der Waals surface area contributed by atoms with Crippen molar-refractivity contribution in [3.63, 3.8) is 0 Å². The van der Waals surface area contributed by atoms with E-state index in [0.717, 1.165) is 12.8 Å². The second-order valence-electron chi connectivity index (χ2n) is 5.29. The van der Waals surface area contributed by atoms with Crippen LogP contribution in [-0.2, 0) is 0 Å². The monoisotopic (exact) mass is 268 g/mol. The highest BCUT2D eigenvalue weighted by atomic mass is 19.1. The number of halogens is 1. The van der Waals surface area contributed by atoms with Gasteiger partial charge in [-0.1, -0.05) is 26.0 Å². The Morgan fingerprint density at radius 1 is 1.37 bits per heavy atom. The van der Waals surface area contributed by atoms with E-state index in [2.05, 4.69) is 10.6 Å². The molecule has 2 amide bonds. The Morgan fingerprint density at radius 2 is 2.05 bits per heavy atom. The van der Waals surface area contributed by atoms with Gasteiger partial charge in [-0.3, -0.25) is 0 Å². The van der Waals surface area contributed by atoms with Gasteiger partial charge in [-0.2, -0.15) is 0 Å². The highest BCUT2D eigenvalue weighted by Gasteiger charge is 2.15. The third kappa shape index (κ3) is 5.70. The van der Waals surface area contributed by atoms with E-state index < -0.39 is 11.8 Å². The van der Waals surface area contributed by atoms with Crippen molar-refractivity contribution in [3.05, 3.63) is 30.1 Å². The number of aliphatic hydroxyl groups is 1. The van der Waals surface area contributed by atoms with E-state index in [4.69, 9.17) is 5.11 Å². The number of aliphatic hydroxyl groups excluding tert-OH is 1. The third-order valence-corrected chi connectivity index (χ3v) is 2.87. The lowest BCUT2D eigenvalue weighted by atomic mass is 9.89. The average Bonchev–Trinajstić information content (AvgIpc) is 2.38. The third-order valence-electron chi connectivity index (χ3n) is 2.87. The number of benzene rings is 1. The molecule has 3 N–H and O–H groups in total. The Labute approximate surface area is 113 Å². The average molecular weight is 268 g/mol. The maximum atomic E-state index is 13.3. The van der Waals surface area contributed by atoms with E-state index in [0.29, 0.717) is 6.54 Å². The fraction of sp³-hybridized carbons (Fsp3) is 0.500. The molecule has 0 saturated heterocycles. The number of hydrogen-bond acceptors (Lipinski definition) is 2. The van der Waals surface area contributed by atoms with Crippen LogP contribution in [0.15, 0.2) is 24.3 Å². The van der Waals surface area contributed by atoms with E-state index in [1.54, 1.807) is 12.1 Å². The normalized spacial score (nSPS) is 11.2.